The number of pyridine rings is 1. The second kappa shape index (κ2) is 5.59. The summed E-state index contributed by atoms with van der Waals surface area (Å²) in [5.74, 6) is 1.44. The molecule has 2 heterocycles. The van der Waals surface area contributed by atoms with E-state index in [1.54, 1.807) is 19.4 Å². The van der Waals surface area contributed by atoms with E-state index >= 15 is 0 Å². The van der Waals surface area contributed by atoms with Gasteiger partial charge in [-0.25, -0.2) is 4.98 Å². The Morgan fingerprint density at radius 1 is 1.39 bits per heavy atom. The molecule has 0 saturated heterocycles. The summed E-state index contributed by atoms with van der Waals surface area (Å²) in [6.45, 7) is 4.66. The standard InChI is InChI=1S/C12H16N4O2/c1-8(2)14-7-10-15-16-12(18-10)9-5-4-6-13-11(9)17-3/h4-6,8,14H,7H2,1-3H3. The third kappa shape index (κ3) is 2.84. The number of ether oxygens (including phenoxy) is 1. The van der Waals surface area contributed by atoms with Gasteiger partial charge in [0.1, 0.15) is 5.56 Å². The largest absolute Gasteiger partial charge is 0.480 e. The van der Waals surface area contributed by atoms with Crippen LogP contribution < -0.4 is 10.1 Å². The van der Waals surface area contributed by atoms with Crippen LogP contribution in [0.25, 0.3) is 11.5 Å². The average Bonchev–Trinajstić information content (AvgIpc) is 2.85. The van der Waals surface area contributed by atoms with E-state index in [0.717, 1.165) is 0 Å². The fourth-order valence-electron chi connectivity index (χ4n) is 1.44. The van der Waals surface area contributed by atoms with Crippen molar-refractivity contribution in [3.63, 3.8) is 0 Å². The molecule has 0 atom stereocenters. The van der Waals surface area contributed by atoms with Crippen LogP contribution in [0.5, 0.6) is 5.88 Å². The molecule has 0 spiro atoms. The van der Waals surface area contributed by atoms with Crippen molar-refractivity contribution in [1.82, 2.24) is 20.5 Å². The summed E-state index contributed by atoms with van der Waals surface area (Å²) in [6, 6.07) is 4.00. The molecule has 2 aromatic heterocycles. The lowest BCUT2D eigenvalue weighted by Gasteiger charge is -2.04. The zero-order valence-electron chi connectivity index (χ0n) is 10.7. The van der Waals surface area contributed by atoms with Gasteiger partial charge < -0.3 is 14.5 Å². The number of nitrogens with zero attached hydrogens (tertiary/aromatic N) is 3. The van der Waals surface area contributed by atoms with Crippen LogP contribution >= 0.6 is 0 Å². The van der Waals surface area contributed by atoms with Gasteiger partial charge in [-0.05, 0) is 12.1 Å². The van der Waals surface area contributed by atoms with Crippen molar-refractivity contribution in [3.8, 4) is 17.3 Å². The van der Waals surface area contributed by atoms with Crippen molar-refractivity contribution >= 4 is 0 Å². The molecular weight excluding hydrogens is 232 g/mol. The van der Waals surface area contributed by atoms with Crippen LogP contribution in [0, 0.1) is 0 Å². The van der Waals surface area contributed by atoms with Crippen LogP contribution in [0.1, 0.15) is 19.7 Å². The van der Waals surface area contributed by atoms with Crippen LogP contribution in [0.3, 0.4) is 0 Å². The average molecular weight is 248 g/mol. The lowest BCUT2D eigenvalue weighted by molar-refractivity contribution is 0.396. The summed E-state index contributed by atoms with van der Waals surface area (Å²) in [5.41, 5.74) is 0.697. The number of hydrogen-bond acceptors (Lipinski definition) is 6. The van der Waals surface area contributed by atoms with Gasteiger partial charge in [-0.3, -0.25) is 0 Å². The molecule has 6 nitrogen and oxygen atoms in total. The molecule has 0 aliphatic carbocycles. The summed E-state index contributed by atoms with van der Waals surface area (Å²) < 4.78 is 10.7. The van der Waals surface area contributed by atoms with E-state index in [1.165, 1.54) is 0 Å². The zero-order valence-corrected chi connectivity index (χ0v) is 10.7. The normalized spacial score (nSPS) is 10.9. The topological polar surface area (TPSA) is 73.1 Å². The van der Waals surface area contributed by atoms with Crippen molar-refractivity contribution < 1.29 is 9.15 Å². The third-order valence-corrected chi connectivity index (χ3v) is 2.32. The van der Waals surface area contributed by atoms with Crippen LogP contribution in [-0.4, -0.2) is 28.3 Å². The van der Waals surface area contributed by atoms with E-state index in [1.807, 2.05) is 6.07 Å². The molecule has 0 unspecified atom stereocenters. The van der Waals surface area contributed by atoms with Crippen molar-refractivity contribution in [1.29, 1.82) is 0 Å². The van der Waals surface area contributed by atoms with E-state index in [4.69, 9.17) is 9.15 Å². The maximum absolute atomic E-state index is 5.56. The smallest absolute Gasteiger partial charge is 0.253 e. The van der Waals surface area contributed by atoms with E-state index in [0.29, 0.717) is 35.8 Å². The molecule has 2 aromatic rings. The molecule has 0 bridgehead atoms. The summed E-state index contributed by atoms with van der Waals surface area (Å²) in [7, 11) is 1.56. The maximum atomic E-state index is 5.56. The molecule has 0 aliphatic rings. The fourth-order valence-corrected chi connectivity index (χ4v) is 1.44. The summed E-state index contributed by atoms with van der Waals surface area (Å²) in [6.07, 6.45) is 1.65. The van der Waals surface area contributed by atoms with Gasteiger partial charge in [-0.15, -0.1) is 10.2 Å². The molecule has 0 saturated carbocycles. The first-order chi connectivity index (χ1) is 8.70. The molecule has 1 N–H and O–H groups in total. The minimum Gasteiger partial charge on any atom is -0.480 e. The highest BCUT2D eigenvalue weighted by molar-refractivity contribution is 5.59. The lowest BCUT2D eigenvalue weighted by Crippen LogP contribution is -2.21. The molecule has 0 amide bonds. The summed E-state index contributed by atoms with van der Waals surface area (Å²) in [4.78, 5) is 4.09. The van der Waals surface area contributed by atoms with Crippen LogP contribution in [0.15, 0.2) is 22.7 Å². The van der Waals surface area contributed by atoms with Crippen molar-refractivity contribution in [2.24, 2.45) is 0 Å². The minimum absolute atomic E-state index is 0.369. The van der Waals surface area contributed by atoms with E-state index < -0.39 is 0 Å². The SMILES string of the molecule is COc1ncccc1-c1nnc(CNC(C)C)o1. The minimum atomic E-state index is 0.369. The number of rotatable bonds is 5. The van der Waals surface area contributed by atoms with E-state index in [-0.39, 0.29) is 0 Å². The highest BCUT2D eigenvalue weighted by atomic mass is 16.5. The highest BCUT2D eigenvalue weighted by Gasteiger charge is 2.13. The molecule has 6 heteroatoms. The van der Waals surface area contributed by atoms with Crippen LogP contribution in [0.4, 0.5) is 0 Å². The van der Waals surface area contributed by atoms with Gasteiger partial charge in [0.05, 0.1) is 13.7 Å². The highest BCUT2D eigenvalue weighted by Crippen LogP contribution is 2.25. The molecular formula is C12H16N4O2. The fraction of sp³-hybridized carbons (Fsp3) is 0.417. The van der Waals surface area contributed by atoms with E-state index in [9.17, 15) is 0 Å². The van der Waals surface area contributed by atoms with Crippen molar-refractivity contribution in [3.05, 3.63) is 24.2 Å². The number of hydrogen-bond donors (Lipinski definition) is 1. The Balaban J connectivity index is 2.18. The molecule has 0 radical (unpaired) electrons. The molecule has 2 rings (SSSR count). The predicted molar refractivity (Wildman–Crippen MR) is 66.1 cm³/mol. The number of methoxy groups -OCH3 is 1. The van der Waals surface area contributed by atoms with Gasteiger partial charge in [0, 0.05) is 12.2 Å². The molecule has 96 valence electrons. The molecule has 18 heavy (non-hydrogen) atoms. The quantitative estimate of drug-likeness (QED) is 0.867. The van der Waals surface area contributed by atoms with Crippen molar-refractivity contribution in [2.45, 2.75) is 26.4 Å². The molecule has 0 aromatic carbocycles. The second-order valence-corrected chi connectivity index (χ2v) is 4.10. The molecule has 0 aliphatic heterocycles. The number of aromatic nitrogens is 3. The van der Waals surface area contributed by atoms with Gasteiger partial charge >= 0.3 is 0 Å². The first kappa shape index (κ1) is 12.5. The van der Waals surface area contributed by atoms with Gasteiger partial charge in [0.2, 0.25) is 11.8 Å². The van der Waals surface area contributed by atoms with Gasteiger partial charge in [0.15, 0.2) is 0 Å². The third-order valence-electron chi connectivity index (χ3n) is 2.32. The molecule has 0 fully saturated rings. The maximum Gasteiger partial charge on any atom is 0.253 e. The predicted octanol–water partition coefficient (Wildman–Crippen LogP) is 1.64. The first-order valence-corrected chi connectivity index (χ1v) is 5.76. The van der Waals surface area contributed by atoms with Crippen LogP contribution in [0.2, 0.25) is 0 Å². The first-order valence-electron chi connectivity index (χ1n) is 5.76. The Labute approximate surface area is 105 Å². The summed E-state index contributed by atoms with van der Waals surface area (Å²) in [5, 5.41) is 11.2. The van der Waals surface area contributed by atoms with Gasteiger partial charge in [0.25, 0.3) is 5.89 Å². The van der Waals surface area contributed by atoms with Crippen LogP contribution in [-0.2, 0) is 6.54 Å². The van der Waals surface area contributed by atoms with Gasteiger partial charge in [-0.2, -0.15) is 0 Å². The Hall–Kier alpha value is -1.95. The summed E-state index contributed by atoms with van der Waals surface area (Å²) >= 11 is 0. The Bertz CT molecular complexity index is 510. The zero-order chi connectivity index (χ0) is 13.0. The second-order valence-electron chi connectivity index (χ2n) is 4.10. The van der Waals surface area contributed by atoms with Crippen molar-refractivity contribution in [2.75, 3.05) is 7.11 Å². The lowest BCUT2D eigenvalue weighted by atomic mass is 10.3. The Morgan fingerprint density at radius 3 is 2.94 bits per heavy atom. The monoisotopic (exact) mass is 248 g/mol. The van der Waals surface area contributed by atoms with E-state index in [2.05, 4.69) is 34.3 Å². The van der Waals surface area contributed by atoms with Gasteiger partial charge in [-0.1, -0.05) is 13.8 Å². The Morgan fingerprint density at radius 2 is 2.22 bits per heavy atom. The Kier molecular flexibility index (Phi) is 3.88. The number of nitrogens with one attached hydrogen (secondary N) is 1.